The molecule has 31 heavy (non-hydrogen) atoms. The molecule has 2 unspecified atom stereocenters. The summed E-state index contributed by atoms with van der Waals surface area (Å²) >= 11 is 0. The van der Waals surface area contributed by atoms with Crippen LogP contribution in [0.4, 0.5) is 0 Å². The highest BCUT2D eigenvalue weighted by Gasteiger charge is 2.23. The van der Waals surface area contributed by atoms with Crippen molar-refractivity contribution < 1.29 is 24.4 Å². The van der Waals surface area contributed by atoms with Crippen LogP contribution in [0.5, 0.6) is 5.75 Å². The third kappa shape index (κ3) is 7.24. The molecule has 2 rings (SSSR count). The number of benzene rings is 2. The molecule has 5 heteroatoms. The zero-order valence-electron chi connectivity index (χ0n) is 18.9. The SMILES string of the molecule is C=C(C)OCOCC(O)COc1ccc(C(C)(C)c2ccc(C(O)C(=C)C)cc2)cc1. The standard InChI is InChI=1S/C26H34O5/c1-18(2)25(28)20-7-9-21(10-8-20)26(5,6)22-11-13-24(14-12-22)30-16-23(27)15-29-17-31-19(3)4/h7-14,23,25,27-28H,1,3,15-17H2,2,4-6H3. The molecular formula is C26H34O5. The van der Waals surface area contributed by atoms with Gasteiger partial charge in [0.1, 0.15) is 18.5 Å². The van der Waals surface area contributed by atoms with E-state index in [-0.39, 0.29) is 25.4 Å². The first-order valence-corrected chi connectivity index (χ1v) is 10.3. The fourth-order valence-corrected chi connectivity index (χ4v) is 3.07. The van der Waals surface area contributed by atoms with E-state index in [0.29, 0.717) is 11.5 Å². The highest BCUT2D eigenvalue weighted by molar-refractivity contribution is 5.41. The molecule has 0 amide bonds. The van der Waals surface area contributed by atoms with E-state index in [1.807, 2.05) is 55.5 Å². The van der Waals surface area contributed by atoms with E-state index >= 15 is 0 Å². The Morgan fingerprint density at radius 2 is 1.45 bits per heavy atom. The molecule has 0 radical (unpaired) electrons. The van der Waals surface area contributed by atoms with Crippen molar-refractivity contribution in [1.82, 2.24) is 0 Å². The van der Waals surface area contributed by atoms with Crippen molar-refractivity contribution in [1.29, 1.82) is 0 Å². The van der Waals surface area contributed by atoms with Gasteiger partial charge in [-0.3, -0.25) is 0 Å². The van der Waals surface area contributed by atoms with Crippen molar-refractivity contribution in [3.8, 4) is 5.75 Å². The van der Waals surface area contributed by atoms with Crippen LogP contribution in [0.25, 0.3) is 0 Å². The minimum absolute atomic E-state index is 0.0588. The first-order chi connectivity index (χ1) is 14.6. The Morgan fingerprint density at radius 1 is 0.903 bits per heavy atom. The third-order valence-corrected chi connectivity index (χ3v) is 5.13. The van der Waals surface area contributed by atoms with Crippen molar-refractivity contribution in [2.75, 3.05) is 20.0 Å². The van der Waals surface area contributed by atoms with Crippen molar-refractivity contribution in [3.63, 3.8) is 0 Å². The van der Waals surface area contributed by atoms with Crippen molar-refractivity contribution >= 4 is 0 Å². The van der Waals surface area contributed by atoms with Crippen molar-refractivity contribution in [2.24, 2.45) is 0 Å². The fraction of sp³-hybridized carbons (Fsp3) is 0.385. The second kappa shape index (κ2) is 11.1. The van der Waals surface area contributed by atoms with Gasteiger partial charge in [-0.05, 0) is 48.2 Å². The van der Waals surface area contributed by atoms with Crippen molar-refractivity contribution in [2.45, 2.75) is 45.3 Å². The lowest BCUT2D eigenvalue weighted by atomic mass is 9.78. The van der Waals surface area contributed by atoms with Gasteiger partial charge in [0.25, 0.3) is 0 Å². The molecule has 0 aromatic heterocycles. The highest BCUT2D eigenvalue weighted by Crippen LogP contribution is 2.33. The molecule has 0 heterocycles. The normalized spacial score (nSPS) is 13.4. The molecule has 2 N–H and O–H groups in total. The Labute approximate surface area is 185 Å². The van der Waals surface area contributed by atoms with Gasteiger partial charge in [0.2, 0.25) is 0 Å². The predicted molar refractivity (Wildman–Crippen MR) is 123 cm³/mol. The lowest BCUT2D eigenvalue weighted by Crippen LogP contribution is -2.24. The zero-order chi connectivity index (χ0) is 23.0. The van der Waals surface area contributed by atoms with Gasteiger partial charge in [-0.15, -0.1) is 0 Å². The topological polar surface area (TPSA) is 68.2 Å². The maximum atomic E-state index is 10.2. The fourth-order valence-electron chi connectivity index (χ4n) is 3.07. The minimum atomic E-state index is -0.752. The summed E-state index contributed by atoms with van der Waals surface area (Å²) in [5.74, 6) is 1.24. The molecular weight excluding hydrogens is 392 g/mol. The van der Waals surface area contributed by atoms with E-state index in [1.54, 1.807) is 6.92 Å². The summed E-state index contributed by atoms with van der Waals surface area (Å²) in [6, 6.07) is 15.8. The maximum absolute atomic E-state index is 10.2. The van der Waals surface area contributed by atoms with E-state index in [1.165, 1.54) is 0 Å². The first kappa shape index (κ1) is 24.7. The van der Waals surface area contributed by atoms with Crippen LogP contribution >= 0.6 is 0 Å². The van der Waals surface area contributed by atoms with Gasteiger partial charge in [-0.25, -0.2) is 0 Å². The number of hydrogen-bond donors (Lipinski definition) is 2. The van der Waals surface area contributed by atoms with Gasteiger partial charge in [0.15, 0.2) is 6.79 Å². The molecule has 0 spiro atoms. The lowest BCUT2D eigenvalue weighted by molar-refractivity contribution is -0.0630. The number of hydrogen-bond acceptors (Lipinski definition) is 5. The number of ether oxygens (including phenoxy) is 3. The molecule has 168 valence electrons. The molecule has 0 aliphatic heterocycles. The quantitative estimate of drug-likeness (QED) is 0.219. The largest absolute Gasteiger partial charge is 0.491 e. The summed E-state index contributed by atoms with van der Waals surface area (Å²) in [5.41, 5.74) is 3.61. The average Bonchev–Trinajstić information content (AvgIpc) is 2.75. The highest BCUT2D eigenvalue weighted by atomic mass is 16.7. The van der Waals surface area contributed by atoms with Crippen LogP contribution in [0, 0.1) is 0 Å². The molecule has 0 fully saturated rings. The van der Waals surface area contributed by atoms with Gasteiger partial charge >= 0.3 is 0 Å². The summed E-state index contributed by atoms with van der Waals surface area (Å²) in [6.07, 6.45) is -1.40. The Kier molecular flexibility index (Phi) is 8.87. The molecule has 0 bridgehead atoms. The molecule has 0 saturated heterocycles. The Morgan fingerprint density at radius 3 is 1.97 bits per heavy atom. The van der Waals surface area contributed by atoms with E-state index in [0.717, 1.165) is 22.3 Å². The van der Waals surface area contributed by atoms with Crippen LogP contribution in [0.15, 0.2) is 73.0 Å². The van der Waals surface area contributed by atoms with E-state index in [4.69, 9.17) is 14.2 Å². The Bertz CT molecular complexity index is 852. The molecule has 5 nitrogen and oxygen atoms in total. The Hall–Kier alpha value is -2.60. The van der Waals surface area contributed by atoms with Crippen LogP contribution in [-0.2, 0) is 14.9 Å². The van der Waals surface area contributed by atoms with Gasteiger partial charge in [-0.1, -0.05) is 63.4 Å². The summed E-state index contributed by atoms with van der Waals surface area (Å²) in [4.78, 5) is 0. The van der Waals surface area contributed by atoms with Crippen LogP contribution in [0.1, 0.15) is 50.5 Å². The number of aliphatic hydroxyl groups is 2. The van der Waals surface area contributed by atoms with Crippen LogP contribution in [-0.4, -0.2) is 36.3 Å². The molecule has 0 saturated carbocycles. The van der Waals surface area contributed by atoms with Crippen LogP contribution in [0.3, 0.4) is 0 Å². The molecule has 2 aromatic rings. The van der Waals surface area contributed by atoms with E-state index in [9.17, 15) is 10.2 Å². The summed E-state index contributed by atoms with van der Waals surface area (Å²) < 4.78 is 15.9. The molecule has 0 aliphatic carbocycles. The Balaban J connectivity index is 1.94. The monoisotopic (exact) mass is 426 g/mol. The van der Waals surface area contributed by atoms with Crippen LogP contribution in [0.2, 0.25) is 0 Å². The van der Waals surface area contributed by atoms with Gasteiger partial charge in [0, 0.05) is 5.41 Å². The zero-order valence-corrected chi connectivity index (χ0v) is 18.9. The maximum Gasteiger partial charge on any atom is 0.188 e. The van der Waals surface area contributed by atoms with Gasteiger partial charge in [0.05, 0.1) is 18.5 Å². The average molecular weight is 427 g/mol. The lowest BCUT2D eigenvalue weighted by Gasteiger charge is -2.27. The summed E-state index contributed by atoms with van der Waals surface area (Å²) in [6.45, 7) is 15.6. The van der Waals surface area contributed by atoms with Gasteiger partial charge in [-0.2, -0.15) is 0 Å². The molecule has 2 atom stereocenters. The number of rotatable bonds is 12. The predicted octanol–water partition coefficient (Wildman–Crippen LogP) is 4.89. The second-order valence-electron chi connectivity index (χ2n) is 8.32. The third-order valence-electron chi connectivity index (χ3n) is 5.13. The molecule has 2 aromatic carbocycles. The molecule has 0 aliphatic rings. The summed E-state index contributed by atoms with van der Waals surface area (Å²) in [7, 11) is 0. The smallest absolute Gasteiger partial charge is 0.188 e. The minimum Gasteiger partial charge on any atom is -0.491 e. The second-order valence-corrected chi connectivity index (χ2v) is 8.32. The van der Waals surface area contributed by atoms with Crippen LogP contribution < -0.4 is 4.74 Å². The van der Waals surface area contributed by atoms with Gasteiger partial charge < -0.3 is 24.4 Å². The van der Waals surface area contributed by atoms with E-state index in [2.05, 4.69) is 27.0 Å². The first-order valence-electron chi connectivity index (χ1n) is 10.3. The number of aliphatic hydroxyl groups excluding tert-OH is 2. The van der Waals surface area contributed by atoms with E-state index < -0.39 is 12.2 Å². The number of allylic oxidation sites excluding steroid dienone is 1. The van der Waals surface area contributed by atoms with Crippen molar-refractivity contribution in [3.05, 3.63) is 89.7 Å². The summed E-state index contributed by atoms with van der Waals surface area (Å²) in [5, 5.41) is 20.1.